The second kappa shape index (κ2) is 9.81. The van der Waals surface area contributed by atoms with E-state index in [1.165, 1.54) is 0 Å². The summed E-state index contributed by atoms with van der Waals surface area (Å²) < 4.78 is 0. The van der Waals surface area contributed by atoms with Gasteiger partial charge < -0.3 is 10.3 Å². The zero-order valence-corrected chi connectivity index (χ0v) is 18.8. The molecule has 1 saturated heterocycles. The van der Waals surface area contributed by atoms with Crippen LogP contribution in [0.3, 0.4) is 0 Å². The van der Waals surface area contributed by atoms with Crippen LogP contribution in [0.15, 0.2) is 54.7 Å². The Morgan fingerprint density at radius 1 is 1.18 bits per heavy atom. The molecule has 0 radical (unpaired) electrons. The SMILES string of the molecule is Cc1cccc(CC2(C#N)CCNCC2C(=O)Cc2cnc(Cc3ccc(C#N)cc3)[nH]2)c1. The van der Waals surface area contributed by atoms with E-state index in [4.69, 9.17) is 5.26 Å². The van der Waals surface area contributed by atoms with Crippen molar-refractivity contribution in [3.63, 3.8) is 0 Å². The highest BCUT2D eigenvalue weighted by atomic mass is 16.1. The zero-order chi connectivity index (χ0) is 23.3. The van der Waals surface area contributed by atoms with Gasteiger partial charge in [0.2, 0.25) is 0 Å². The molecule has 1 aliphatic rings. The van der Waals surface area contributed by atoms with E-state index in [9.17, 15) is 10.1 Å². The molecule has 2 heterocycles. The van der Waals surface area contributed by atoms with Crippen molar-refractivity contribution in [1.82, 2.24) is 15.3 Å². The van der Waals surface area contributed by atoms with Crippen LogP contribution in [0.4, 0.5) is 0 Å². The number of aromatic amines is 1. The zero-order valence-electron chi connectivity index (χ0n) is 18.8. The summed E-state index contributed by atoms with van der Waals surface area (Å²) in [7, 11) is 0. The van der Waals surface area contributed by atoms with Crippen LogP contribution in [0.2, 0.25) is 0 Å². The van der Waals surface area contributed by atoms with E-state index in [-0.39, 0.29) is 18.1 Å². The number of benzene rings is 2. The highest BCUT2D eigenvalue weighted by Crippen LogP contribution is 2.38. The number of hydrogen-bond acceptors (Lipinski definition) is 5. The second-order valence-electron chi connectivity index (χ2n) is 8.92. The summed E-state index contributed by atoms with van der Waals surface area (Å²) in [5.74, 6) is 0.461. The molecule has 0 bridgehead atoms. The number of carbonyl (C=O) groups is 1. The first-order chi connectivity index (χ1) is 16.0. The highest BCUT2D eigenvalue weighted by Gasteiger charge is 2.45. The van der Waals surface area contributed by atoms with Crippen LogP contribution in [0.5, 0.6) is 0 Å². The van der Waals surface area contributed by atoms with Crippen molar-refractivity contribution in [3.05, 3.63) is 88.5 Å². The van der Waals surface area contributed by atoms with Crippen LogP contribution >= 0.6 is 0 Å². The predicted octanol–water partition coefficient (Wildman–Crippen LogP) is 3.65. The Morgan fingerprint density at radius 3 is 2.73 bits per heavy atom. The number of imidazole rings is 1. The van der Waals surface area contributed by atoms with Gasteiger partial charge in [0.15, 0.2) is 0 Å². The third-order valence-electron chi connectivity index (χ3n) is 6.48. The van der Waals surface area contributed by atoms with Crippen LogP contribution in [0.25, 0.3) is 0 Å². The van der Waals surface area contributed by atoms with E-state index in [2.05, 4.69) is 33.5 Å². The molecule has 0 amide bonds. The van der Waals surface area contributed by atoms with E-state index < -0.39 is 5.41 Å². The largest absolute Gasteiger partial charge is 0.345 e. The molecule has 3 aromatic rings. The Labute approximate surface area is 194 Å². The third-order valence-corrected chi connectivity index (χ3v) is 6.48. The minimum atomic E-state index is -0.707. The Bertz CT molecular complexity index is 1210. The summed E-state index contributed by atoms with van der Waals surface area (Å²) in [6.45, 7) is 3.30. The quantitative estimate of drug-likeness (QED) is 0.587. The summed E-state index contributed by atoms with van der Waals surface area (Å²) in [4.78, 5) is 21.1. The first kappa shape index (κ1) is 22.5. The monoisotopic (exact) mass is 437 g/mol. The van der Waals surface area contributed by atoms with Crippen LogP contribution in [0, 0.1) is 40.9 Å². The Balaban J connectivity index is 1.47. The van der Waals surface area contributed by atoms with Gasteiger partial charge in [-0.05, 0) is 49.6 Å². The van der Waals surface area contributed by atoms with E-state index >= 15 is 0 Å². The molecule has 0 saturated carbocycles. The minimum absolute atomic E-state index is 0.0602. The predicted molar refractivity (Wildman–Crippen MR) is 125 cm³/mol. The maximum Gasteiger partial charge on any atom is 0.144 e. The fourth-order valence-electron chi connectivity index (χ4n) is 4.71. The normalized spacial score (nSPS) is 20.0. The van der Waals surface area contributed by atoms with Crippen molar-refractivity contribution >= 4 is 5.78 Å². The number of hydrogen-bond donors (Lipinski definition) is 2. The van der Waals surface area contributed by atoms with Gasteiger partial charge in [-0.2, -0.15) is 10.5 Å². The lowest BCUT2D eigenvalue weighted by molar-refractivity contribution is -0.126. The highest BCUT2D eigenvalue weighted by molar-refractivity contribution is 5.84. The van der Waals surface area contributed by atoms with Gasteiger partial charge in [0.25, 0.3) is 0 Å². The number of nitrogens with zero attached hydrogens (tertiary/aromatic N) is 3. The Morgan fingerprint density at radius 2 is 2.00 bits per heavy atom. The van der Waals surface area contributed by atoms with E-state index in [1.807, 2.05) is 37.3 Å². The summed E-state index contributed by atoms with van der Waals surface area (Å²) in [5, 5.41) is 22.4. The number of nitrogens with one attached hydrogen (secondary N) is 2. The van der Waals surface area contributed by atoms with Crippen molar-refractivity contribution in [2.75, 3.05) is 13.1 Å². The maximum absolute atomic E-state index is 13.4. The molecule has 166 valence electrons. The number of Topliss-reactive ketones (excluding diaryl/α,β-unsaturated/α-hetero) is 1. The van der Waals surface area contributed by atoms with E-state index in [0.717, 1.165) is 34.8 Å². The molecule has 6 heteroatoms. The number of rotatable bonds is 7. The lowest BCUT2D eigenvalue weighted by Gasteiger charge is -2.38. The molecule has 6 nitrogen and oxygen atoms in total. The van der Waals surface area contributed by atoms with Gasteiger partial charge >= 0.3 is 0 Å². The molecular weight excluding hydrogens is 410 g/mol. The van der Waals surface area contributed by atoms with Gasteiger partial charge in [-0.1, -0.05) is 42.0 Å². The first-order valence-corrected chi connectivity index (χ1v) is 11.2. The fourth-order valence-corrected chi connectivity index (χ4v) is 4.71. The molecule has 4 rings (SSSR count). The number of aromatic nitrogens is 2. The second-order valence-corrected chi connectivity index (χ2v) is 8.92. The van der Waals surface area contributed by atoms with E-state index in [1.54, 1.807) is 18.3 Å². The molecule has 33 heavy (non-hydrogen) atoms. The van der Waals surface area contributed by atoms with Crippen LogP contribution in [-0.2, 0) is 24.1 Å². The van der Waals surface area contributed by atoms with Gasteiger partial charge in [-0.15, -0.1) is 0 Å². The van der Waals surface area contributed by atoms with Gasteiger partial charge in [0.1, 0.15) is 11.6 Å². The molecular formula is C27H27N5O. The van der Waals surface area contributed by atoms with Crippen molar-refractivity contribution < 1.29 is 4.79 Å². The van der Waals surface area contributed by atoms with Crippen molar-refractivity contribution in [2.45, 2.75) is 32.6 Å². The van der Waals surface area contributed by atoms with Crippen molar-refractivity contribution in [2.24, 2.45) is 11.3 Å². The lowest BCUT2D eigenvalue weighted by Crippen LogP contribution is -2.49. The van der Waals surface area contributed by atoms with Gasteiger partial charge in [0, 0.05) is 37.2 Å². The fraction of sp³-hybridized carbons (Fsp3) is 0.333. The summed E-state index contributed by atoms with van der Waals surface area (Å²) in [6.07, 6.45) is 3.77. The first-order valence-electron chi connectivity index (χ1n) is 11.2. The molecule has 1 aliphatic heterocycles. The smallest absolute Gasteiger partial charge is 0.144 e. The summed E-state index contributed by atoms with van der Waals surface area (Å²) >= 11 is 0. The molecule has 1 fully saturated rings. The molecule has 0 aliphatic carbocycles. The number of carbonyl (C=O) groups excluding carboxylic acids is 1. The van der Waals surface area contributed by atoms with Crippen molar-refractivity contribution in [3.8, 4) is 12.1 Å². The van der Waals surface area contributed by atoms with Gasteiger partial charge in [0.05, 0.1) is 23.1 Å². The molecule has 2 atom stereocenters. The number of aryl methyl sites for hydroxylation is 1. The maximum atomic E-state index is 13.4. The summed E-state index contributed by atoms with van der Waals surface area (Å²) in [5.41, 5.74) is 3.97. The van der Waals surface area contributed by atoms with Crippen LogP contribution in [0.1, 0.15) is 40.2 Å². The number of nitriles is 2. The minimum Gasteiger partial charge on any atom is -0.345 e. The average Bonchev–Trinajstić information content (AvgIpc) is 3.26. The van der Waals surface area contributed by atoms with E-state index in [0.29, 0.717) is 31.4 Å². The lowest BCUT2D eigenvalue weighted by atomic mass is 9.66. The topological polar surface area (TPSA) is 105 Å². The number of H-pyrrole nitrogens is 1. The molecule has 0 spiro atoms. The van der Waals surface area contributed by atoms with Gasteiger partial charge in [-0.25, -0.2) is 4.98 Å². The molecule has 2 unspecified atom stereocenters. The summed E-state index contributed by atoms with van der Waals surface area (Å²) in [6, 6.07) is 20.2. The number of ketones is 1. The standard InChI is InChI=1S/C27H27N5O/c1-19-3-2-4-22(11-19)14-27(18-29)9-10-30-17-24(27)25(33)13-23-16-31-26(32-23)12-20-5-7-21(15-28)8-6-20/h2-8,11,16,24,30H,9-10,12-14,17H2,1H3,(H,31,32). The number of piperidine rings is 1. The van der Waals surface area contributed by atoms with Crippen molar-refractivity contribution in [1.29, 1.82) is 10.5 Å². The molecule has 2 aromatic carbocycles. The molecule has 1 aromatic heterocycles. The Kier molecular flexibility index (Phi) is 6.68. The third kappa shape index (κ3) is 5.19. The van der Waals surface area contributed by atoms with Gasteiger partial charge in [-0.3, -0.25) is 4.79 Å². The molecule has 2 N–H and O–H groups in total. The Hall–Kier alpha value is -3.74. The van der Waals surface area contributed by atoms with Crippen LogP contribution < -0.4 is 5.32 Å². The van der Waals surface area contributed by atoms with Crippen LogP contribution in [-0.4, -0.2) is 28.8 Å². The average molecular weight is 438 g/mol.